The van der Waals surface area contributed by atoms with E-state index in [-0.39, 0.29) is 17.7 Å². The van der Waals surface area contributed by atoms with Crippen molar-refractivity contribution >= 4 is 11.8 Å². The standard InChI is InChI=1S/C16H18N6O2/c23-15(11-1-2-11)18-9-13-8-17-14-10-21(5-6-22(13)14)16(24)12-3-4-19-20-7-12/h3-4,7-8,11H,1-2,5-6,9-10H2,(H,18,23). The van der Waals surface area contributed by atoms with E-state index >= 15 is 0 Å². The van der Waals surface area contributed by atoms with Crippen molar-refractivity contribution in [3.05, 3.63) is 41.7 Å². The van der Waals surface area contributed by atoms with E-state index in [1.165, 1.54) is 12.4 Å². The average molecular weight is 326 g/mol. The van der Waals surface area contributed by atoms with Gasteiger partial charge in [0.25, 0.3) is 5.91 Å². The Morgan fingerprint density at radius 1 is 1.21 bits per heavy atom. The van der Waals surface area contributed by atoms with Gasteiger partial charge in [0.05, 0.1) is 42.9 Å². The van der Waals surface area contributed by atoms with E-state index in [0.717, 1.165) is 24.4 Å². The van der Waals surface area contributed by atoms with Crippen molar-refractivity contribution in [1.82, 2.24) is 30.0 Å². The van der Waals surface area contributed by atoms with Gasteiger partial charge in [0.2, 0.25) is 5.91 Å². The van der Waals surface area contributed by atoms with Crippen LogP contribution in [-0.2, 0) is 24.4 Å². The number of nitrogens with zero attached hydrogens (tertiary/aromatic N) is 5. The van der Waals surface area contributed by atoms with Gasteiger partial charge in [-0.15, -0.1) is 0 Å². The molecular formula is C16H18N6O2. The molecule has 8 nitrogen and oxygen atoms in total. The fraction of sp³-hybridized carbons (Fsp3) is 0.438. The molecule has 2 amide bonds. The van der Waals surface area contributed by atoms with Crippen LogP contribution >= 0.6 is 0 Å². The fourth-order valence-electron chi connectivity index (χ4n) is 2.91. The highest BCUT2D eigenvalue weighted by molar-refractivity contribution is 5.93. The van der Waals surface area contributed by atoms with E-state index < -0.39 is 0 Å². The predicted octanol–water partition coefficient (Wildman–Crippen LogP) is 0.355. The molecule has 0 atom stereocenters. The van der Waals surface area contributed by atoms with Crippen LogP contribution in [0, 0.1) is 5.92 Å². The van der Waals surface area contributed by atoms with Crippen LogP contribution in [0.4, 0.5) is 0 Å². The largest absolute Gasteiger partial charge is 0.350 e. The highest BCUT2D eigenvalue weighted by Gasteiger charge is 2.30. The van der Waals surface area contributed by atoms with Gasteiger partial charge in [-0.3, -0.25) is 9.59 Å². The number of imidazole rings is 1. The summed E-state index contributed by atoms with van der Waals surface area (Å²) < 4.78 is 2.09. The number of fused-ring (bicyclic) bond motifs is 1. The Hall–Kier alpha value is -2.77. The van der Waals surface area contributed by atoms with Crippen molar-refractivity contribution in [1.29, 1.82) is 0 Å². The molecule has 0 saturated heterocycles. The zero-order valence-electron chi connectivity index (χ0n) is 13.2. The Kier molecular flexibility index (Phi) is 3.72. The molecule has 1 fully saturated rings. The molecule has 0 bridgehead atoms. The summed E-state index contributed by atoms with van der Waals surface area (Å²) in [6, 6.07) is 1.66. The minimum Gasteiger partial charge on any atom is -0.350 e. The van der Waals surface area contributed by atoms with E-state index in [0.29, 0.717) is 31.7 Å². The maximum atomic E-state index is 12.5. The molecule has 1 aliphatic carbocycles. The lowest BCUT2D eigenvalue weighted by atomic mass is 10.2. The number of carbonyl (C=O) groups excluding carboxylic acids is 2. The first kappa shape index (κ1) is 14.8. The smallest absolute Gasteiger partial charge is 0.256 e. The molecule has 8 heteroatoms. The number of hydrogen-bond donors (Lipinski definition) is 1. The summed E-state index contributed by atoms with van der Waals surface area (Å²) in [4.78, 5) is 30.4. The molecule has 1 saturated carbocycles. The molecule has 2 aliphatic rings. The quantitative estimate of drug-likeness (QED) is 0.875. The van der Waals surface area contributed by atoms with Gasteiger partial charge in [0, 0.05) is 19.0 Å². The van der Waals surface area contributed by atoms with E-state index in [2.05, 4.69) is 25.1 Å². The van der Waals surface area contributed by atoms with E-state index in [4.69, 9.17) is 0 Å². The third-order valence-corrected chi connectivity index (χ3v) is 4.46. The number of hydrogen-bond acceptors (Lipinski definition) is 5. The third kappa shape index (κ3) is 2.86. The van der Waals surface area contributed by atoms with Crippen molar-refractivity contribution in [2.24, 2.45) is 5.92 Å². The monoisotopic (exact) mass is 326 g/mol. The first-order valence-corrected chi connectivity index (χ1v) is 8.09. The predicted molar refractivity (Wildman–Crippen MR) is 83.6 cm³/mol. The van der Waals surface area contributed by atoms with Crippen molar-refractivity contribution in [2.45, 2.75) is 32.5 Å². The first-order valence-electron chi connectivity index (χ1n) is 8.09. The average Bonchev–Trinajstić information content (AvgIpc) is 3.40. The summed E-state index contributed by atoms with van der Waals surface area (Å²) in [5.74, 6) is 1.11. The molecule has 2 aromatic rings. The van der Waals surface area contributed by atoms with Gasteiger partial charge in [0.1, 0.15) is 5.82 Å². The summed E-state index contributed by atoms with van der Waals surface area (Å²) in [6.45, 7) is 2.23. The SMILES string of the molecule is O=C(NCc1cnc2n1CCN(C(=O)c1ccnnc1)C2)C1CC1. The Morgan fingerprint density at radius 3 is 2.83 bits per heavy atom. The maximum absolute atomic E-state index is 12.5. The molecule has 0 spiro atoms. The van der Waals surface area contributed by atoms with Crippen LogP contribution < -0.4 is 5.32 Å². The lowest BCUT2D eigenvalue weighted by Crippen LogP contribution is -2.39. The summed E-state index contributed by atoms with van der Waals surface area (Å²) >= 11 is 0. The molecule has 1 N–H and O–H groups in total. The summed E-state index contributed by atoms with van der Waals surface area (Å²) in [6.07, 6.45) is 6.76. The molecule has 0 radical (unpaired) electrons. The molecule has 2 aromatic heterocycles. The zero-order chi connectivity index (χ0) is 16.5. The molecule has 124 valence electrons. The number of carbonyl (C=O) groups is 2. The van der Waals surface area contributed by atoms with Crippen molar-refractivity contribution in [2.75, 3.05) is 6.54 Å². The number of nitrogens with one attached hydrogen (secondary N) is 1. The van der Waals surface area contributed by atoms with Crippen molar-refractivity contribution in [3.63, 3.8) is 0 Å². The second-order valence-corrected chi connectivity index (χ2v) is 6.17. The molecule has 3 heterocycles. The molecule has 24 heavy (non-hydrogen) atoms. The maximum Gasteiger partial charge on any atom is 0.256 e. The van der Waals surface area contributed by atoms with Crippen LogP contribution in [0.25, 0.3) is 0 Å². The van der Waals surface area contributed by atoms with Crippen LogP contribution in [0.15, 0.2) is 24.7 Å². The summed E-state index contributed by atoms with van der Waals surface area (Å²) in [5.41, 5.74) is 1.51. The van der Waals surface area contributed by atoms with Gasteiger partial charge in [-0.1, -0.05) is 0 Å². The van der Waals surface area contributed by atoms with Gasteiger partial charge in [0.15, 0.2) is 0 Å². The molecule has 0 aromatic carbocycles. The lowest BCUT2D eigenvalue weighted by molar-refractivity contribution is -0.122. The van der Waals surface area contributed by atoms with Gasteiger partial charge in [-0.05, 0) is 18.9 Å². The molecule has 4 rings (SSSR count). The van der Waals surface area contributed by atoms with Crippen LogP contribution in [0.2, 0.25) is 0 Å². The normalized spacial score (nSPS) is 16.6. The Labute approximate surface area is 138 Å². The highest BCUT2D eigenvalue weighted by Crippen LogP contribution is 2.28. The summed E-state index contributed by atoms with van der Waals surface area (Å²) in [5, 5.41) is 10.4. The third-order valence-electron chi connectivity index (χ3n) is 4.46. The van der Waals surface area contributed by atoms with Crippen molar-refractivity contribution < 1.29 is 9.59 Å². The number of aromatic nitrogens is 4. The molecule has 0 unspecified atom stereocenters. The van der Waals surface area contributed by atoms with Crippen molar-refractivity contribution in [3.8, 4) is 0 Å². The zero-order valence-corrected chi connectivity index (χ0v) is 13.2. The summed E-state index contributed by atoms with van der Waals surface area (Å²) in [7, 11) is 0. The second-order valence-electron chi connectivity index (χ2n) is 6.17. The van der Waals surface area contributed by atoms with E-state index in [9.17, 15) is 9.59 Å². The van der Waals surface area contributed by atoms with Crippen LogP contribution in [0.1, 0.15) is 34.7 Å². The van der Waals surface area contributed by atoms with Gasteiger partial charge >= 0.3 is 0 Å². The minimum absolute atomic E-state index is 0.0669. The molecular weight excluding hydrogens is 308 g/mol. The number of rotatable bonds is 4. The van der Waals surface area contributed by atoms with Gasteiger partial charge < -0.3 is 14.8 Å². The van der Waals surface area contributed by atoms with Gasteiger partial charge in [-0.2, -0.15) is 10.2 Å². The van der Waals surface area contributed by atoms with E-state index in [1.807, 2.05) is 0 Å². The Balaban J connectivity index is 1.42. The topological polar surface area (TPSA) is 93.0 Å². The number of amides is 2. The lowest BCUT2D eigenvalue weighted by Gasteiger charge is -2.28. The van der Waals surface area contributed by atoms with Crippen LogP contribution in [-0.4, -0.2) is 43.0 Å². The second kappa shape index (κ2) is 6.03. The van der Waals surface area contributed by atoms with Crippen LogP contribution in [0.5, 0.6) is 0 Å². The first-order chi connectivity index (χ1) is 11.7. The van der Waals surface area contributed by atoms with Gasteiger partial charge in [-0.25, -0.2) is 4.98 Å². The Bertz CT molecular complexity index is 768. The van der Waals surface area contributed by atoms with Crippen LogP contribution in [0.3, 0.4) is 0 Å². The molecule has 1 aliphatic heterocycles. The highest BCUT2D eigenvalue weighted by atomic mass is 16.2. The minimum atomic E-state index is -0.0669. The van der Waals surface area contributed by atoms with E-state index in [1.54, 1.807) is 17.2 Å². The Morgan fingerprint density at radius 2 is 2.08 bits per heavy atom. The fourth-order valence-corrected chi connectivity index (χ4v) is 2.91.